The minimum absolute atomic E-state index is 0.0176. The Bertz CT molecular complexity index is 756. The van der Waals surface area contributed by atoms with Gasteiger partial charge in [0, 0.05) is 5.69 Å². The van der Waals surface area contributed by atoms with Gasteiger partial charge in [0.1, 0.15) is 6.54 Å². The van der Waals surface area contributed by atoms with Crippen molar-refractivity contribution in [3.05, 3.63) is 46.7 Å². The van der Waals surface area contributed by atoms with Gasteiger partial charge in [0.2, 0.25) is 10.0 Å². The molecule has 8 heteroatoms. The summed E-state index contributed by atoms with van der Waals surface area (Å²) in [5.74, 6) is -0.123. The molecule has 1 aromatic carbocycles. The minimum atomic E-state index is -3.72. The zero-order valence-corrected chi connectivity index (χ0v) is 14.6. The van der Waals surface area contributed by atoms with E-state index in [1.54, 1.807) is 11.3 Å². The molecule has 2 rings (SSSR count). The van der Waals surface area contributed by atoms with Crippen LogP contribution in [0.1, 0.15) is 11.8 Å². The van der Waals surface area contributed by atoms with Gasteiger partial charge in [-0.3, -0.25) is 4.79 Å². The van der Waals surface area contributed by atoms with Crippen molar-refractivity contribution >= 4 is 33.0 Å². The number of carbonyl (C=O) groups is 1. The van der Waals surface area contributed by atoms with E-state index in [9.17, 15) is 13.2 Å². The summed E-state index contributed by atoms with van der Waals surface area (Å²) < 4.78 is 22.4. The summed E-state index contributed by atoms with van der Waals surface area (Å²) in [6, 6.07) is 9.60. The lowest BCUT2D eigenvalue weighted by Crippen LogP contribution is -3.12. The molecule has 1 amide bonds. The number of thiophene rings is 1. The first-order valence-corrected chi connectivity index (χ1v) is 9.48. The Morgan fingerprint density at radius 2 is 1.96 bits per heavy atom. The standard InChI is InChI=1S/C15H19N3O3S2/c1-11(18(2)10-13-4-3-9-22-13)15(19)17-12-5-7-14(8-6-12)23(16,20)21/h3-9,11H,10H2,1-2H3,(H,17,19)(H2,16,20,21)/p+1/t11-/m0/s1. The summed E-state index contributed by atoms with van der Waals surface area (Å²) in [6.45, 7) is 2.63. The molecule has 0 saturated heterocycles. The largest absolute Gasteiger partial charge is 0.323 e. The molecule has 0 radical (unpaired) electrons. The number of quaternary nitrogens is 1. The Labute approximate surface area is 140 Å². The lowest BCUT2D eigenvalue weighted by Gasteiger charge is -2.20. The van der Waals surface area contributed by atoms with E-state index < -0.39 is 10.0 Å². The summed E-state index contributed by atoms with van der Waals surface area (Å²) in [5, 5.41) is 9.85. The summed E-state index contributed by atoms with van der Waals surface area (Å²) in [6.07, 6.45) is 0. The molecule has 1 aromatic heterocycles. The van der Waals surface area contributed by atoms with E-state index in [1.165, 1.54) is 29.1 Å². The first-order valence-electron chi connectivity index (χ1n) is 7.06. The fourth-order valence-electron chi connectivity index (χ4n) is 2.04. The van der Waals surface area contributed by atoms with Crippen LogP contribution in [0.3, 0.4) is 0 Å². The average molecular weight is 354 g/mol. The van der Waals surface area contributed by atoms with Gasteiger partial charge >= 0.3 is 0 Å². The number of hydrogen-bond donors (Lipinski definition) is 3. The third-order valence-corrected chi connectivity index (χ3v) is 5.42. The van der Waals surface area contributed by atoms with Crippen molar-refractivity contribution in [1.82, 2.24) is 0 Å². The number of hydrogen-bond acceptors (Lipinski definition) is 4. The number of primary sulfonamides is 1. The number of amides is 1. The molecule has 2 atom stereocenters. The van der Waals surface area contributed by atoms with Crippen LogP contribution in [0.2, 0.25) is 0 Å². The molecule has 1 heterocycles. The average Bonchev–Trinajstić information content (AvgIpc) is 2.98. The van der Waals surface area contributed by atoms with Gasteiger partial charge in [-0.05, 0) is 42.6 Å². The van der Waals surface area contributed by atoms with Crippen LogP contribution in [-0.2, 0) is 21.4 Å². The highest BCUT2D eigenvalue weighted by molar-refractivity contribution is 7.89. The maximum absolute atomic E-state index is 12.3. The fourth-order valence-corrected chi connectivity index (χ4v) is 3.36. The lowest BCUT2D eigenvalue weighted by atomic mass is 10.2. The summed E-state index contributed by atoms with van der Waals surface area (Å²) in [7, 11) is -1.76. The molecule has 2 aromatic rings. The van der Waals surface area contributed by atoms with Crippen LogP contribution in [0.15, 0.2) is 46.7 Å². The minimum Gasteiger partial charge on any atom is -0.323 e. The van der Waals surface area contributed by atoms with Crippen LogP contribution in [0.25, 0.3) is 0 Å². The number of carbonyl (C=O) groups excluding carboxylic acids is 1. The molecule has 6 nitrogen and oxygen atoms in total. The van der Waals surface area contributed by atoms with Gasteiger partial charge in [0.25, 0.3) is 5.91 Å². The Kier molecular flexibility index (Phi) is 5.53. The predicted octanol–water partition coefficient (Wildman–Crippen LogP) is 0.437. The highest BCUT2D eigenvalue weighted by Gasteiger charge is 2.22. The van der Waals surface area contributed by atoms with Gasteiger partial charge in [-0.25, -0.2) is 13.6 Å². The van der Waals surface area contributed by atoms with Crippen molar-refractivity contribution in [3.63, 3.8) is 0 Å². The van der Waals surface area contributed by atoms with Crippen LogP contribution in [-0.4, -0.2) is 27.4 Å². The Balaban J connectivity index is 1.97. The fraction of sp³-hybridized carbons (Fsp3) is 0.267. The Morgan fingerprint density at radius 1 is 1.30 bits per heavy atom. The van der Waals surface area contributed by atoms with Gasteiger partial charge in [-0.2, -0.15) is 0 Å². The summed E-state index contributed by atoms with van der Waals surface area (Å²) >= 11 is 1.67. The van der Waals surface area contributed by atoms with E-state index >= 15 is 0 Å². The molecule has 0 aliphatic heterocycles. The first kappa shape index (κ1) is 17.6. The van der Waals surface area contributed by atoms with E-state index in [0.717, 1.165) is 11.4 Å². The number of likely N-dealkylation sites (N-methyl/N-ethyl adjacent to an activating group) is 1. The monoisotopic (exact) mass is 354 g/mol. The van der Waals surface area contributed by atoms with Crippen molar-refractivity contribution in [1.29, 1.82) is 0 Å². The quantitative estimate of drug-likeness (QED) is 0.702. The van der Waals surface area contributed by atoms with Gasteiger partial charge in [0.05, 0.1) is 16.8 Å². The molecule has 4 N–H and O–H groups in total. The highest BCUT2D eigenvalue weighted by atomic mass is 32.2. The molecular formula is C15H20N3O3S2+. The Hall–Kier alpha value is -1.74. The van der Waals surface area contributed by atoms with Crippen molar-refractivity contribution in [2.75, 3.05) is 12.4 Å². The van der Waals surface area contributed by atoms with Crippen molar-refractivity contribution in [2.45, 2.75) is 24.4 Å². The normalized spacial score (nSPS) is 14.2. The second-order valence-electron chi connectivity index (χ2n) is 5.38. The number of nitrogens with one attached hydrogen (secondary N) is 2. The van der Waals surface area contributed by atoms with Gasteiger partial charge in [-0.1, -0.05) is 6.07 Å². The van der Waals surface area contributed by atoms with Crippen LogP contribution in [0.5, 0.6) is 0 Å². The zero-order chi connectivity index (χ0) is 17.0. The number of sulfonamides is 1. The summed E-state index contributed by atoms with van der Waals surface area (Å²) in [5.41, 5.74) is 0.540. The second kappa shape index (κ2) is 7.22. The predicted molar refractivity (Wildman–Crippen MR) is 90.8 cm³/mol. The van der Waals surface area contributed by atoms with Crippen molar-refractivity contribution < 1.29 is 18.1 Å². The third kappa shape index (κ3) is 4.87. The molecule has 124 valence electrons. The number of nitrogens with two attached hydrogens (primary N) is 1. The third-order valence-electron chi connectivity index (χ3n) is 3.62. The van der Waals surface area contributed by atoms with E-state index in [1.807, 2.05) is 31.5 Å². The van der Waals surface area contributed by atoms with E-state index in [4.69, 9.17) is 5.14 Å². The lowest BCUT2D eigenvalue weighted by molar-refractivity contribution is -0.907. The maximum atomic E-state index is 12.3. The first-order chi connectivity index (χ1) is 10.8. The topological polar surface area (TPSA) is 93.7 Å². The van der Waals surface area contributed by atoms with Gasteiger partial charge in [-0.15, -0.1) is 11.3 Å². The number of benzene rings is 1. The number of anilines is 1. The van der Waals surface area contributed by atoms with Crippen LogP contribution >= 0.6 is 11.3 Å². The van der Waals surface area contributed by atoms with Gasteiger partial charge in [0.15, 0.2) is 6.04 Å². The zero-order valence-electron chi connectivity index (χ0n) is 12.9. The molecule has 0 spiro atoms. The molecule has 23 heavy (non-hydrogen) atoms. The smallest absolute Gasteiger partial charge is 0.282 e. The van der Waals surface area contributed by atoms with Crippen LogP contribution in [0, 0.1) is 0 Å². The molecule has 0 aliphatic rings. The van der Waals surface area contributed by atoms with E-state index in [2.05, 4.69) is 5.32 Å². The number of rotatable bonds is 6. The second-order valence-corrected chi connectivity index (χ2v) is 7.98. The maximum Gasteiger partial charge on any atom is 0.282 e. The molecule has 0 bridgehead atoms. The summed E-state index contributed by atoms with van der Waals surface area (Å²) in [4.78, 5) is 14.6. The van der Waals surface area contributed by atoms with Gasteiger partial charge < -0.3 is 10.2 Å². The molecule has 0 fully saturated rings. The molecule has 0 saturated carbocycles. The molecule has 1 unspecified atom stereocenters. The van der Waals surface area contributed by atoms with E-state index in [-0.39, 0.29) is 16.8 Å². The van der Waals surface area contributed by atoms with Crippen molar-refractivity contribution in [3.8, 4) is 0 Å². The Morgan fingerprint density at radius 3 is 2.48 bits per heavy atom. The molecular weight excluding hydrogens is 334 g/mol. The van der Waals surface area contributed by atoms with E-state index in [0.29, 0.717) is 5.69 Å². The van der Waals surface area contributed by atoms with Crippen LogP contribution in [0.4, 0.5) is 5.69 Å². The van der Waals surface area contributed by atoms with Crippen molar-refractivity contribution in [2.24, 2.45) is 5.14 Å². The SMILES string of the molecule is C[C@@H](C(=O)Nc1ccc(S(N)(=O)=O)cc1)[NH+](C)Cc1cccs1. The highest BCUT2D eigenvalue weighted by Crippen LogP contribution is 2.13. The molecule has 0 aliphatic carbocycles. The van der Waals surface area contributed by atoms with Crippen LogP contribution < -0.4 is 15.4 Å².